The van der Waals surface area contributed by atoms with Gasteiger partial charge in [0.1, 0.15) is 0 Å². The van der Waals surface area contributed by atoms with Crippen LogP contribution >= 0.6 is 0 Å². The Balaban J connectivity index is 2.48. The molecule has 1 saturated heterocycles. The monoisotopic (exact) mass is 191 g/mol. The Morgan fingerprint density at radius 3 is 3.00 bits per heavy atom. The molecule has 1 aliphatic rings. The second kappa shape index (κ2) is 4.94. The maximum atomic E-state index is 11.3. The zero-order valence-corrected chi connectivity index (χ0v) is 8.52. The molecule has 1 fully saturated rings. The molecule has 0 saturated carbocycles. The van der Waals surface area contributed by atoms with Crippen LogP contribution in [0.3, 0.4) is 0 Å². The van der Waals surface area contributed by atoms with Gasteiger partial charge in [0.05, 0.1) is 11.9 Å². The van der Waals surface area contributed by atoms with Gasteiger partial charge in [-0.3, -0.25) is 4.21 Å². The van der Waals surface area contributed by atoms with Gasteiger partial charge in [-0.2, -0.15) is 0 Å². The van der Waals surface area contributed by atoms with E-state index in [1.165, 1.54) is 0 Å². The molecule has 72 valence electrons. The third-order valence-corrected chi connectivity index (χ3v) is 3.51. The van der Waals surface area contributed by atoms with Crippen LogP contribution in [0.15, 0.2) is 0 Å². The van der Waals surface area contributed by atoms with Crippen molar-refractivity contribution in [2.24, 2.45) is 0 Å². The standard InChI is InChI=1S/C8H17NO2S/c1-3-9-7-4-5-11-6-8(7)12(2)10/h7-9H,3-6H2,1-2H3. The van der Waals surface area contributed by atoms with Gasteiger partial charge in [0, 0.05) is 29.7 Å². The fraction of sp³-hybridized carbons (Fsp3) is 1.00. The highest BCUT2D eigenvalue weighted by atomic mass is 32.2. The van der Waals surface area contributed by atoms with Crippen molar-refractivity contribution < 1.29 is 8.95 Å². The van der Waals surface area contributed by atoms with E-state index >= 15 is 0 Å². The van der Waals surface area contributed by atoms with Crippen molar-refractivity contribution in [2.75, 3.05) is 26.0 Å². The number of hydrogen-bond acceptors (Lipinski definition) is 3. The summed E-state index contributed by atoms with van der Waals surface area (Å²) in [6, 6.07) is 0.384. The molecule has 1 N–H and O–H groups in total. The molecule has 0 spiro atoms. The molecule has 0 aromatic carbocycles. The van der Waals surface area contributed by atoms with Gasteiger partial charge in [-0.05, 0) is 13.0 Å². The summed E-state index contributed by atoms with van der Waals surface area (Å²) in [6.45, 7) is 4.45. The average molecular weight is 191 g/mol. The Morgan fingerprint density at radius 1 is 1.67 bits per heavy atom. The van der Waals surface area contributed by atoms with E-state index < -0.39 is 10.8 Å². The van der Waals surface area contributed by atoms with Gasteiger partial charge in [-0.25, -0.2) is 0 Å². The van der Waals surface area contributed by atoms with E-state index in [0.717, 1.165) is 19.6 Å². The summed E-state index contributed by atoms with van der Waals surface area (Å²) in [7, 11) is -0.771. The molecule has 0 aliphatic carbocycles. The van der Waals surface area contributed by atoms with E-state index in [0.29, 0.717) is 12.6 Å². The van der Waals surface area contributed by atoms with Gasteiger partial charge in [0.15, 0.2) is 0 Å². The van der Waals surface area contributed by atoms with E-state index in [9.17, 15) is 4.21 Å². The van der Waals surface area contributed by atoms with Crippen molar-refractivity contribution in [1.82, 2.24) is 5.32 Å². The lowest BCUT2D eigenvalue weighted by Gasteiger charge is -2.30. The summed E-state index contributed by atoms with van der Waals surface area (Å²) in [4.78, 5) is 0. The molecule has 3 unspecified atom stereocenters. The third-order valence-electron chi connectivity index (χ3n) is 2.20. The molecule has 4 heteroatoms. The number of rotatable bonds is 3. The fourth-order valence-electron chi connectivity index (χ4n) is 1.53. The van der Waals surface area contributed by atoms with Gasteiger partial charge in [-0.15, -0.1) is 0 Å². The molecule has 1 heterocycles. The minimum absolute atomic E-state index is 0.179. The molecular weight excluding hydrogens is 174 g/mol. The highest BCUT2D eigenvalue weighted by molar-refractivity contribution is 7.85. The number of ether oxygens (including phenoxy) is 1. The largest absolute Gasteiger partial charge is 0.380 e. The summed E-state index contributed by atoms with van der Waals surface area (Å²) in [6.07, 6.45) is 2.74. The summed E-state index contributed by atoms with van der Waals surface area (Å²) in [5.41, 5.74) is 0. The van der Waals surface area contributed by atoms with Crippen LogP contribution in [0.2, 0.25) is 0 Å². The van der Waals surface area contributed by atoms with Crippen LogP contribution in [0.4, 0.5) is 0 Å². The Bertz CT molecular complexity index is 161. The molecule has 3 atom stereocenters. The lowest BCUT2D eigenvalue weighted by atomic mass is 10.1. The average Bonchev–Trinajstić information content (AvgIpc) is 2.05. The van der Waals surface area contributed by atoms with Crippen molar-refractivity contribution in [3.05, 3.63) is 0 Å². The molecular formula is C8H17NO2S. The van der Waals surface area contributed by atoms with Crippen molar-refractivity contribution in [3.8, 4) is 0 Å². The van der Waals surface area contributed by atoms with E-state index in [1.807, 2.05) is 0 Å². The van der Waals surface area contributed by atoms with Crippen LogP contribution in [0, 0.1) is 0 Å². The molecule has 0 aromatic heterocycles. The molecule has 12 heavy (non-hydrogen) atoms. The summed E-state index contributed by atoms with van der Waals surface area (Å²) in [5.74, 6) is 0. The summed E-state index contributed by atoms with van der Waals surface area (Å²) >= 11 is 0. The van der Waals surface area contributed by atoms with Crippen molar-refractivity contribution in [3.63, 3.8) is 0 Å². The minimum Gasteiger partial charge on any atom is -0.380 e. The van der Waals surface area contributed by atoms with Gasteiger partial charge in [-0.1, -0.05) is 6.92 Å². The van der Waals surface area contributed by atoms with Crippen molar-refractivity contribution >= 4 is 10.8 Å². The lowest BCUT2D eigenvalue weighted by molar-refractivity contribution is 0.0826. The molecule has 3 nitrogen and oxygen atoms in total. The first-order chi connectivity index (χ1) is 5.75. The molecule has 0 aromatic rings. The SMILES string of the molecule is CCNC1CCOCC1S(C)=O. The zero-order valence-electron chi connectivity index (χ0n) is 7.71. The number of nitrogens with one attached hydrogen (secondary N) is 1. The summed E-state index contributed by atoms with van der Waals surface area (Å²) in [5, 5.41) is 3.52. The van der Waals surface area contributed by atoms with Crippen LogP contribution < -0.4 is 5.32 Å². The maximum absolute atomic E-state index is 11.3. The van der Waals surface area contributed by atoms with E-state index in [-0.39, 0.29) is 5.25 Å². The smallest absolute Gasteiger partial charge is 0.0732 e. The molecule has 1 aliphatic heterocycles. The fourth-order valence-corrected chi connectivity index (χ4v) is 2.52. The lowest BCUT2D eigenvalue weighted by Crippen LogP contribution is -2.48. The predicted molar refractivity (Wildman–Crippen MR) is 50.8 cm³/mol. The van der Waals surface area contributed by atoms with Gasteiger partial charge in [0.2, 0.25) is 0 Å². The van der Waals surface area contributed by atoms with Crippen LogP contribution in [0.1, 0.15) is 13.3 Å². The molecule has 1 rings (SSSR count). The normalized spacial score (nSPS) is 33.2. The molecule has 0 amide bonds. The number of hydrogen-bond donors (Lipinski definition) is 1. The van der Waals surface area contributed by atoms with Crippen LogP contribution in [-0.2, 0) is 15.5 Å². The van der Waals surface area contributed by atoms with E-state index in [2.05, 4.69) is 12.2 Å². The van der Waals surface area contributed by atoms with Crippen molar-refractivity contribution in [1.29, 1.82) is 0 Å². The van der Waals surface area contributed by atoms with Crippen LogP contribution in [0.25, 0.3) is 0 Å². The Hall–Kier alpha value is 0.0700. The Labute approximate surface area is 76.3 Å². The van der Waals surface area contributed by atoms with Gasteiger partial charge in [0.25, 0.3) is 0 Å². The van der Waals surface area contributed by atoms with Gasteiger partial charge >= 0.3 is 0 Å². The van der Waals surface area contributed by atoms with Gasteiger partial charge < -0.3 is 10.1 Å². The molecule has 0 bridgehead atoms. The first-order valence-electron chi connectivity index (χ1n) is 4.39. The van der Waals surface area contributed by atoms with Crippen molar-refractivity contribution in [2.45, 2.75) is 24.6 Å². The highest BCUT2D eigenvalue weighted by Gasteiger charge is 2.27. The highest BCUT2D eigenvalue weighted by Crippen LogP contribution is 2.12. The Morgan fingerprint density at radius 2 is 2.42 bits per heavy atom. The second-order valence-corrected chi connectivity index (χ2v) is 4.67. The first kappa shape index (κ1) is 10.2. The van der Waals surface area contributed by atoms with Crippen LogP contribution in [-0.4, -0.2) is 41.5 Å². The van der Waals surface area contributed by atoms with E-state index in [1.54, 1.807) is 6.26 Å². The summed E-state index contributed by atoms with van der Waals surface area (Å²) < 4.78 is 16.6. The molecule has 0 radical (unpaired) electrons. The minimum atomic E-state index is -0.771. The quantitative estimate of drug-likeness (QED) is 0.689. The Kier molecular flexibility index (Phi) is 4.18. The first-order valence-corrected chi connectivity index (χ1v) is 6.01. The second-order valence-electron chi connectivity index (χ2n) is 3.06. The topological polar surface area (TPSA) is 38.3 Å². The zero-order chi connectivity index (χ0) is 8.97. The van der Waals surface area contributed by atoms with E-state index in [4.69, 9.17) is 4.74 Å². The third kappa shape index (κ3) is 2.54. The maximum Gasteiger partial charge on any atom is 0.0732 e. The van der Waals surface area contributed by atoms with Crippen LogP contribution in [0.5, 0.6) is 0 Å². The predicted octanol–water partition coefficient (Wildman–Crippen LogP) is 0.132.